The number of halogens is 1. The zero-order valence-corrected chi connectivity index (χ0v) is 17.5. The maximum atomic E-state index is 12.2. The van der Waals surface area contributed by atoms with Crippen molar-refractivity contribution in [3.8, 4) is 0 Å². The third kappa shape index (κ3) is 7.37. The van der Waals surface area contributed by atoms with E-state index < -0.39 is 10.0 Å². The van der Waals surface area contributed by atoms with Gasteiger partial charge in [0.1, 0.15) is 6.54 Å². The van der Waals surface area contributed by atoms with Crippen LogP contribution in [-0.2, 0) is 14.8 Å². The van der Waals surface area contributed by atoms with Gasteiger partial charge >= 0.3 is 0 Å². The van der Waals surface area contributed by atoms with Crippen molar-refractivity contribution in [2.45, 2.75) is 43.8 Å². The van der Waals surface area contributed by atoms with Crippen LogP contribution in [0, 0.1) is 0 Å². The van der Waals surface area contributed by atoms with E-state index in [0.717, 1.165) is 28.0 Å². The molecule has 26 heavy (non-hydrogen) atoms. The molecule has 0 aliphatic heterocycles. The van der Waals surface area contributed by atoms with Gasteiger partial charge in [0.05, 0.1) is 11.9 Å². The number of sulfonamides is 1. The Morgan fingerprint density at radius 2 is 1.88 bits per heavy atom. The fourth-order valence-electron chi connectivity index (χ4n) is 2.98. The van der Waals surface area contributed by atoms with Crippen LogP contribution in [0.3, 0.4) is 0 Å². The van der Waals surface area contributed by atoms with Gasteiger partial charge in [0.2, 0.25) is 15.9 Å². The number of thioether (sulfide) groups is 1. The Labute approximate surface area is 165 Å². The number of nitrogens with one attached hydrogen (secondary N) is 1. The van der Waals surface area contributed by atoms with Crippen LogP contribution in [0.5, 0.6) is 0 Å². The Balaban J connectivity index is 1.75. The van der Waals surface area contributed by atoms with Crippen LogP contribution < -0.4 is 9.62 Å². The SMILES string of the molecule is CS(=O)(=O)N(CC(=O)NCCCSC1CCCCC1)c1ccc(Cl)cc1. The second-order valence-electron chi connectivity index (χ2n) is 6.58. The van der Waals surface area contributed by atoms with Crippen molar-refractivity contribution >= 4 is 45.0 Å². The molecule has 0 bridgehead atoms. The minimum atomic E-state index is -3.55. The Morgan fingerprint density at radius 1 is 1.23 bits per heavy atom. The number of anilines is 1. The number of rotatable bonds is 9. The lowest BCUT2D eigenvalue weighted by Crippen LogP contribution is -2.40. The van der Waals surface area contributed by atoms with Crippen molar-refractivity contribution in [2.24, 2.45) is 0 Å². The van der Waals surface area contributed by atoms with Crippen LogP contribution in [0.15, 0.2) is 24.3 Å². The van der Waals surface area contributed by atoms with E-state index in [1.807, 2.05) is 11.8 Å². The molecule has 1 N–H and O–H groups in total. The average Bonchev–Trinajstić information content (AvgIpc) is 2.60. The highest BCUT2D eigenvalue weighted by Gasteiger charge is 2.20. The van der Waals surface area contributed by atoms with Gasteiger partial charge in [-0.2, -0.15) is 11.8 Å². The maximum absolute atomic E-state index is 12.2. The molecule has 1 saturated carbocycles. The number of hydrogen-bond acceptors (Lipinski definition) is 4. The number of hydrogen-bond donors (Lipinski definition) is 1. The fraction of sp³-hybridized carbons (Fsp3) is 0.611. The Morgan fingerprint density at radius 3 is 2.50 bits per heavy atom. The summed E-state index contributed by atoms with van der Waals surface area (Å²) in [7, 11) is -3.55. The fourth-order valence-corrected chi connectivity index (χ4v) is 5.27. The third-order valence-corrected chi connectivity index (χ3v) is 7.21. The molecule has 1 fully saturated rings. The van der Waals surface area contributed by atoms with Crippen molar-refractivity contribution in [1.29, 1.82) is 0 Å². The topological polar surface area (TPSA) is 66.5 Å². The average molecular weight is 419 g/mol. The van der Waals surface area contributed by atoms with E-state index in [0.29, 0.717) is 17.3 Å². The molecule has 1 aliphatic carbocycles. The molecule has 0 saturated heterocycles. The molecule has 1 amide bonds. The molecule has 8 heteroatoms. The summed E-state index contributed by atoms with van der Waals surface area (Å²) in [6, 6.07) is 6.40. The van der Waals surface area contributed by atoms with E-state index in [9.17, 15) is 13.2 Å². The Hall–Kier alpha value is -0.920. The van der Waals surface area contributed by atoms with Gasteiger partial charge in [0.25, 0.3) is 0 Å². The number of benzene rings is 1. The van der Waals surface area contributed by atoms with E-state index in [1.54, 1.807) is 24.3 Å². The molecule has 2 rings (SSSR count). The van der Waals surface area contributed by atoms with Gasteiger partial charge in [0, 0.05) is 16.8 Å². The summed E-state index contributed by atoms with van der Waals surface area (Å²) >= 11 is 7.84. The monoisotopic (exact) mass is 418 g/mol. The molecule has 5 nitrogen and oxygen atoms in total. The quantitative estimate of drug-likeness (QED) is 0.621. The van der Waals surface area contributed by atoms with Gasteiger partial charge in [-0.1, -0.05) is 30.9 Å². The number of carbonyl (C=O) groups is 1. The first kappa shape index (κ1) is 21.4. The largest absolute Gasteiger partial charge is 0.354 e. The molecule has 0 radical (unpaired) electrons. The first-order valence-corrected chi connectivity index (χ1v) is 12.3. The second kappa shape index (κ2) is 10.4. The Kier molecular flexibility index (Phi) is 8.57. The van der Waals surface area contributed by atoms with Crippen molar-refractivity contribution in [3.05, 3.63) is 29.3 Å². The molecule has 0 spiro atoms. The van der Waals surface area contributed by atoms with Gasteiger partial charge in [-0.15, -0.1) is 0 Å². The number of carbonyl (C=O) groups excluding carboxylic acids is 1. The third-order valence-electron chi connectivity index (χ3n) is 4.35. The van der Waals surface area contributed by atoms with E-state index in [2.05, 4.69) is 5.32 Å². The smallest absolute Gasteiger partial charge is 0.240 e. The molecule has 0 aromatic heterocycles. The van der Waals surface area contributed by atoms with Crippen LogP contribution >= 0.6 is 23.4 Å². The van der Waals surface area contributed by atoms with E-state index in [1.165, 1.54) is 32.1 Å². The van der Waals surface area contributed by atoms with Gasteiger partial charge in [-0.05, 0) is 49.3 Å². The van der Waals surface area contributed by atoms with Crippen molar-refractivity contribution < 1.29 is 13.2 Å². The van der Waals surface area contributed by atoms with Crippen molar-refractivity contribution in [3.63, 3.8) is 0 Å². The van der Waals surface area contributed by atoms with Crippen molar-refractivity contribution in [2.75, 3.05) is 29.4 Å². The molecule has 146 valence electrons. The van der Waals surface area contributed by atoms with Gasteiger partial charge in [-0.25, -0.2) is 8.42 Å². The first-order chi connectivity index (χ1) is 12.4. The minimum absolute atomic E-state index is 0.226. The summed E-state index contributed by atoms with van der Waals surface area (Å²) in [6.07, 6.45) is 8.63. The van der Waals surface area contributed by atoms with Crippen LogP contribution in [0.25, 0.3) is 0 Å². The summed E-state index contributed by atoms with van der Waals surface area (Å²) < 4.78 is 25.1. The highest BCUT2D eigenvalue weighted by molar-refractivity contribution is 7.99. The van der Waals surface area contributed by atoms with Gasteiger partial charge in [0.15, 0.2) is 0 Å². The lowest BCUT2D eigenvalue weighted by molar-refractivity contribution is -0.119. The van der Waals surface area contributed by atoms with Crippen LogP contribution in [0.2, 0.25) is 5.02 Å². The van der Waals surface area contributed by atoms with Gasteiger partial charge in [-0.3, -0.25) is 9.10 Å². The lowest BCUT2D eigenvalue weighted by Gasteiger charge is -2.22. The second-order valence-corrected chi connectivity index (χ2v) is 10.3. The van der Waals surface area contributed by atoms with Crippen LogP contribution in [0.1, 0.15) is 38.5 Å². The summed E-state index contributed by atoms with van der Waals surface area (Å²) in [4.78, 5) is 12.2. The molecular weight excluding hydrogens is 392 g/mol. The molecule has 1 aromatic rings. The maximum Gasteiger partial charge on any atom is 0.240 e. The van der Waals surface area contributed by atoms with Crippen LogP contribution in [0.4, 0.5) is 5.69 Å². The lowest BCUT2D eigenvalue weighted by atomic mass is 10.0. The van der Waals surface area contributed by atoms with E-state index in [-0.39, 0.29) is 12.5 Å². The summed E-state index contributed by atoms with van der Waals surface area (Å²) in [5.41, 5.74) is 0.430. The van der Waals surface area contributed by atoms with E-state index >= 15 is 0 Å². The standard InChI is InChI=1S/C18H27ClN2O3S2/c1-26(23,24)21(16-10-8-15(19)9-11-16)14-18(22)20-12-5-13-25-17-6-3-2-4-7-17/h8-11,17H,2-7,12-14H2,1H3,(H,20,22). The van der Waals surface area contributed by atoms with Crippen molar-refractivity contribution in [1.82, 2.24) is 5.32 Å². The summed E-state index contributed by atoms with van der Waals surface area (Å²) in [5.74, 6) is 0.728. The minimum Gasteiger partial charge on any atom is -0.354 e. The van der Waals surface area contributed by atoms with E-state index in [4.69, 9.17) is 11.6 Å². The molecule has 1 aliphatic rings. The predicted octanol–water partition coefficient (Wildman–Crippen LogP) is 3.68. The summed E-state index contributed by atoms with van der Waals surface area (Å²) in [5, 5.41) is 4.10. The zero-order valence-electron chi connectivity index (χ0n) is 15.1. The molecule has 1 aromatic carbocycles. The molecule has 0 unspecified atom stereocenters. The predicted molar refractivity (Wildman–Crippen MR) is 111 cm³/mol. The number of amides is 1. The van der Waals surface area contributed by atoms with Gasteiger partial charge < -0.3 is 5.32 Å². The summed E-state index contributed by atoms with van der Waals surface area (Å²) in [6.45, 7) is 0.340. The molecule has 0 atom stereocenters. The molecular formula is C18H27ClN2O3S2. The Bertz CT molecular complexity index is 674. The van der Waals surface area contributed by atoms with Crippen LogP contribution in [-0.4, -0.2) is 44.7 Å². The molecule has 0 heterocycles. The zero-order chi connectivity index (χ0) is 19.0. The first-order valence-electron chi connectivity index (χ1n) is 8.98. The highest BCUT2D eigenvalue weighted by atomic mass is 35.5. The number of nitrogens with zero attached hydrogens (tertiary/aromatic N) is 1. The normalized spacial score (nSPS) is 15.6. The highest BCUT2D eigenvalue weighted by Crippen LogP contribution is 2.28.